The predicted molar refractivity (Wildman–Crippen MR) is 65.5 cm³/mol. The number of ether oxygens (including phenoxy) is 4. The zero-order valence-corrected chi connectivity index (χ0v) is 10.5. The fourth-order valence-electron chi connectivity index (χ4n) is 1.08. The average molecular weight is 257 g/mol. The molecule has 0 bridgehead atoms. The molecule has 0 amide bonds. The average Bonchev–Trinajstić information content (AvgIpc) is 2.37. The van der Waals surface area contributed by atoms with Gasteiger partial charge in [0.05, 0.1) is 33.0 Å². The highest BCUT2D eigenvalue weighted by Crippen LogP contribution is 2.03. The van der Waals surface area contributed by atoms with Crippen LogP contribution in [0.3, 0.4) is 0 Å². The maximum Gasteiger partial charge on any atom is 0.318 e. The van der Waals surface area contributed by atoms with Gasteiger partial charge in [-0.25, -0.2) is 4.98 Å². The standard InChI is InChI=1S/C11H19N3O4/c1-15-4-5-16-6-7-17-8-9-18-11-13-3-2-10(12)14-11/h2-3H,4-9H2,1H3,(H2,12,13,14). The highest BCUT2D eigenvalue weighted by atomic mass is 16.6. The Kier molecular flexibility index (Phi) is 7.78. The number of nitrogens with two attached hydrogens (primary N) is 1. The monoisotopic (exact) mass is 257 g/mol. The molecule has 1 aromatic heterocycles. The van der Waals surface area contributed by atoms with Gasteiger partial charge in [-0.2, -0.15) is 4.98 Å². The molecule has 18 heavy (non-hydrogen) atoms. The maximum absolute atomic E-state index is 5.48. The largest absolute Gasteiger partial charge is 0.461 e. The van der Waals surface area contributed by atoms with Crippen molar-refractivity contribution in [2.45, 2.75) is 0 Å². The topological polar surface area (TPSA) is 88.7 Å². The first kappa shape index (κ1) is 14.6. The van der Waals surface area contributed by atoms with Gasteiger partial charge >= 0.3 is 6.01 Å². The van der Waals surface area contributed by atoms with E-state index in [0.717, 1.165) is 0 Å². The zero-order chi connectivity index (χ0) is 13.1. The molecule has 2 N–H and O–H groups in total. The quantitative estimate of drug-likeness (QED) is 0.595. The normalized spacial score (nSPS) is 10.5. The van der Waals surface area contributed by atoms with Crippen LogP contribution in [0.2, 0.25) is 0 Å². The minimum absolute atomic E-state index is 0.259. The third-order valence-electron chi connectivity index (χ3n) is 1.92. The van der Waals surface area contributed by atoms with Crippen molar-refractivity contribution in [1.29, 1.82) is 0 Å². The van der Waals surface area contributed by atoms with Gasteiger partial charge in [0.25, 0.3) is 0 Å². The molecule has 1 rings (SSSR count). The third kappa shape index (κ3) is 7.00. The highest BCUT2D eigenvalue weighted by molar-refractivity contribution is 5.26. The molecule has 1 heterocycles. The van der Waals surface area contributed by atoms with E-state index in [-0.39, 0.29) is 6.01 Å². The van der Waals surface area contributed by atoms with E-state index < -0.39 is 0 Å². The first-order valence-corrected chi connectivity index (χ1v) is 5.68. The Balaban J connectivity index is 1.92. The summed E-state index contributed by atoms with van der Waals surface area (Å²) in [5.41, 5.74) is 5.48. The Morgan fingerprint density at radius 2 is 1.72 bits per heavy atom. The van der Waals surface area contributed by atoms with Crippen LogP contribution < -0.4 is 10.5 Å². The lowest BCUT2D eigenvalue weighted by Gasteiger charge is -2.06. The molecule has 7 nitrogen and oxygen atoms in total. The van der Waals surface area contributed by atoms with E-state index in [0.29, 0.717) is 45.5 Å². The van der Waals surface area contributed by atoms with Gasteiger partial charge in [-0.05, 0) is 6.07 Å². The molecule has 102 valence electrons. The second kappa shape index (κ2) is 9.58. The van der Waals surface area contributed by atoms with E-state index in [1.54, 1.807) is 19.4 Å². The summed E-state index contributed by atoms with van der Waals surface area (Å²) in [4.78, 5) is 7.79. The summed E-state index contributed by atoms with van der Waals surface area (Å²) in [6.07, 6.45) is 1.54. The fraction of sp³-hybridized carbons (Fsp3) is 0.636. The molecule has 0 fully saturated rings. The van der Waals surface area contributed by atoms with Crippen LogP contribution in [-0.2, 0) is 14.2 Å². The van der Waals surface area contributed by atoms with Crippen molar-refractivity contribution in [3.63, 3.8) is 0 Å². The van der Waals surface area contributed by atoms with Gasteiger partial charge in [0, 0.05) is 13.3 Å². The van der Waals surface area contributed by atoms with Gasteiger partial charge in [0.1, 0.15) is 12.4 Å². The summed E-state index contributed by atoms with van der Waals surface area (Å²) in [5.74, 6) is 0.382. The van der Waals surface area contributed by atoms with Gasteiger partial charge in [-0.15, -0.1) is 0 Å². The molecule has 7 heteroatoms. The Bertz CT molecular complexity index is 325. The van der Waals surface area contributed by atoms with Crippen molar-refractivity contribution in [3.8, 4) is 6.01 Å². The van der Waals surface area contributed by atoms with Gasteiger partial charge in [-0.3, -0.25) is 0 Å². The van der Waals surface area contributed by atoms with Crippen molar-refractivity contribution >= 4 is 5.82 Å². The maximum atomic E-state index is 5.48. The van der Waals surface area contributed by atoms with E-state index in [2.05, 4.69) is 9.97 Å². The molecular weight excluding hydrogens is 238 g/mol. The van der Waals surface area contributed by atoms with Crippen LogP contribution in [0.15, 0.2) is 12.3 Å². The number of hydrogen-bond acceptors (Lipinski definition) is 7. The van der Waals surface area contributed by atoms with Crippen LogP contribution in [0.25, 0.3) is 0 Å². The van der Waals surface area contributed by atoms with Crippen LogP contribution in [-0.4, -0.2) is 56.7 Å². The lowest BCUT2D eigenvalue weighted by Crippen LogP contribution is -2.13. The summed E-state index contributed by atoms with van der Waals surface area (Å²) in [5, 5.41) is 0. The summed E-state index contributed by atoms with van der Waals surface area (Å²) in [7, 11) is 1.63. The van der Waals surface area contributed by atoms with Crippen molar-refractivity contribution in [3.05, 3.63) is 12.3 Å². The lowest BCUT2D eigenvalue weighted by molar-refractivity contribution is 0.0173. The molecule has 0 spiro atoms. The molecule has 0 saturated heterocycles. The summed E-state index contributed by atoms with van der Waals surface area (Å²) < 4.78 is 20.6. The molecule has 0 saturated carbocycles. The Hall–Kier alpha value is -1.44. The highest BCUT2D eigenvalue weighted by Gasteiger charge is 1.97. The lowest BCUT2D eigenvalue weighted by atomic mass is 10.6. The van der Waals surface area contributed by atoms with Gasteiger partial charge in [0.15, 0.2) is 0 Å². The fourth-order valence-corrected chi connectivity index (χ4v) is 1.08. The zero-order valence-electron chi connectivity index (χ0n) is 10.5. The minimum Gasteiger partial charge on any atom is -0.461 e. The van der Waals surface area contributed by atoms with E-state index >= 15 is 0 Å². The summed E-state index contributed by atoms with van der Waals surface area (Å²) in [6.45, 7) is 3.06. The molecule has 0 aliphatic heterocycles. The van der Waals surface area contributed by atoms with E-state index in [1.165, 1.54) is 0 Å². The molecule has 0 radical (unpaired) electrons. The number of rotatable bonds is 10. The molecule has 0 aliphatic carbocycles. The van der Waals surface area contributed by atoms with Crippen LogP contribution in [0.5, 0.6) is 6.01 Å². The number of nitrogens with zero attached hydrogens (tertiary/aromatic N) is 2. The first-order chi connectivity index (χ1) is 8.83. The van der Waals surface area contributed by atoms with E-state index in [9.17, 15) is 0 Å². The van der Waals surface area contributed by atoms with Crippen LogP contribution in [0.1, 0.15) is 0 Å². The molecule has 0 aromatic carbocycles. The van der Waals surface area contributed by atoms with Gasteiger partial charge in [-0.1, -0.05) is 0 Å². The van der Waals surface area contributed by atoms with E-state index in [1.807, 2.05) is 0 Å². The first-order valence-electron chi connectivity index (χ1n) is 5.68. The Labute approximate surface area is 106 Å². The van der Waals surface area contributed by atoms with Crippen LogP contribution in [0, 0.1) is 0 Å². The van der Waals surface area contributed by atoms with Crippen LogP contribution in [0.4, 0.5) is 5.82 Å². The summed E-state index contributed by atoms with van der Waals surface area (Å²) >= 11 is 0. The van der Waals surface area contributed by atoms with Crippen molar-refractivity contribution in [2.75, 3.05) is 52.5 Å². The smallest absolute Gasteiger partial charge is 0.318 e. The third-order valence-corrected chi connectivity index (χ3v) is 1.92. The number of methoxy groups -OCH3 is 1. The van der Waals surface area contributed by atoms with Crippen molar-refractivity contribution in [1.82, 2.24) is 9.97 Å². The SMILES string of the molecule is COCCOCCOCCOc1nccc(N)n1. The minimum atomic E-state index is 0.259. The number of anilines is 1. The van der Waals surface area contributed by atoms with Crippen molar-refractivity contribution < 1.29 is 18.9 Å². The van der Waals surface area contributed by atoms with E-state index in [4.69, 9.17) is 24.7 Å². The second-order valence-corrected chi connectivity index (χ2v) is 3.33. The van der Waals surface area contributed by atoms with Crippen molar-refractivity contribution in [2.24, 2.45) is 0 Å². The molecule has 0 unspecified atom stereocenters. The van der Waals surface area contributed by atoms with Crippen LogP contribution >= 0.6 is 0 Å². The Morgan fingerprint density at radius 3 is 2.39 bits per heavy atom. The predicted octanol–water partition coefficient (Wildman–Crippen LogP) is 0.117. The molecular formula is C11H19N3O4. The molecule has 0 atom stereocenters. The number of hydrogen-bond donors (Lipinski definition) is 1. The molecule has 0 aliphatic rings. The Morgan fingerprint density at radius 1 is 1.06 bits per heavy atom. The van der Waals surface area contributed by atoms with Gasteiger partial charge < -0.3 is 24.7 Å². The van der Waals surface area contributed by atoms with Gasteiger partial charge in [0.2, 0.25) is 0 Å². The number of nitrogen functional groups attached to an aromatic ring is 1. The molecule has 1 aromatic rings. The second-order valence-electron chi connectivity index (χ2n) is 3.33. The summed E-state index contributed by atoms with van der Waals surface area (Å²) in [6, 6.07) is 1.86. The number of aromatic nitrogens is 2.